The number of hydrogen-bond donors (Lipinski definition) is 1. The van der Waals surface area contributed by atoms with Crippen LogP contribution in [0.4, 0.5) is 0 Å². The van der Waals surface area contributed by atoms with Gasteiger partial charge in [-0.2, -0.15) is 0 Å². The third-order valence-corrected chi connectivity index (χ3v) is 5.27. The molecule has 1 spiro atoms. The van der Waals surface area contributed by atoms with Gasteiger partial charge in [0.25, 0.3) is 0 Å². The second kappa shape index (κ2) is 5.68. The van der Waals surface area contributed by atoms with Crippen molar-refractivity contribution in [1.82, 2.24) is 4.90 Å². The standard InChI is InChI=1S/C15H28N2O2/c1-12-11-18-14(9-16)10-17(12)13-4-7-19-15(8-13)5-2-3-6-15/h12-14H,2-11,16H2,1H3. The smallest absolute Gasteiger partial charge is 0.0824 e. The van der Waals surface area contributed by atoms with E-state index in [1.165, 1.54) is 38.5 Å². The van der Waals surface area contributed by atoms with E-state index in [1.54, 1.807) is 0 Å². The summed E-state index contributed by atoms with van der Waals surface area (Å²) < 4.78 is 11.9. The van der Waals surface area contributed by atoms with Crippen LogP contribution in [0.25, 0.3) is 0 Å². The van der Waals surface area contributed by atoms with Gasteiger partial charge < -0.3 is 15.2 Å². The van der Waals surface area contributed by atoms with Crippen LogP contribution < -0.4 is 5.73 Å². The third kappa shape index (κ3) is 2.82. The third-order valence-electron chi connectivity index (χ3n) is 5.27. The van der Waals surface area contributed by atoms with Crippen molar-refractivity contribution in [3.05, 3.63) is 0 Å². The van der Waals surface area contributed by atoms with Crippen molar-refractivity contribution in [3.8, 4) is 0 Å². The van der Waals surface area contributed by atoms with E-state index in [4.69, 9.17) is 15.2 Å². The van der Waals surface area contributed by atoms with Crippen LogP contribution in [0, 0.1) is 0 Å². The highest BCUT2D eigenvalue weighted by molar-refractivity contribution is 4.96. The first kappa shape index (κ1) is 13.8. The topological polar surface area (TPSA) is 47.7 Å². The molecular formula is C15H28N2O2. The summed E-state index contributed by atoms with van der Waals surface area (Å²) in [6.07, 6.45) is 7.83. The molecule has 0 aromatic carbocycles. The second-order valence-electron chi connectivity index (χ2n) is 6.62. The number of nitrogens with two attached hydrogens (primary N) is 1. The number of ether oxygens (including phenoxy) is 2. The highest BCUT2D eigenvalue weighted by Gasteiger charge is 2.43. The van der Waals surface area contributed by atoms with Crippen LogP contribution in [0.5, 0.6) is 0 Å². The summed E-state index contributed by atoms with van der Waals surface area (Å²) in [6, 6.07) is 1.18. The summed E-state index contributed by atoms with van der Waals surface area (Å²) in [4.78, 5) is 2.64. The molecule has 2 heterocycles. The number of nitrogens with zero attached hydrogens (tertiary/aromatic N) is 1. The molecule has 3 unspecified atom stereocenters. The lowest BCUT2D eigenvalue weighted by atomic mass is 9.87. The van der Waals surface area contributed by atoms with Crippen molar-refractivity contribution in [1.29, 1.82) is 0 Å². The minimum atomic E-state index is 0.207. The van der Waals surface area contributed by atoms with E-state index < -0.39 is 0 Å². The highest BCUT2D eigenvalue weighted by Crippen LogP contribution is 2.41. The van der Waals surface area contributed by atoms with Gasteiger partial charge >= 0.3 is 0 Å². The minimum Gasteiger partial charge on any atom is -0.375 e. The van der Waals surface area contributed by atoms with Crippen LogP contribution in [0.1, 0.15) is 45.4 Å². The fourth-order valence-corrected chi connectivity index (χ4v) is 4.14. The maximum Gasteiger partial charge on any atom is 0.0824 e. The second-order valence-corrected chi connectivity index (χ2v) is 6.62. The van der Waals surface area contributed by atoms with Crippen molar-refractivity contribution in [2.45, 2.75) is 69.2 Å². The average molecular weight is 268 g/mol. The Morgan fingerprint density at radius 2 is 2.11 bits per heavy atom. The van der Waals surface area contributed by atoms with E-state index in [0.717, 1.165) is 19.8 Å². The molecule has 2 N–H and O–H groups in total. The number of morpholine rings is 1. The van der Waals surface area contributed by atoms with Crippen LogP contribution in [0.3, 0.4) is 0 Å². The minimum absolute atomic E-state index is 0.207. The maximum atomic E-state index is 6.15. The largest absolute Gasteiger partial charge is 0.375 e. The molecule has 4 nitrogen and oxygen atoms in total. The zero-order chi connectivity index (χ0) is 13.3. The van der Waals surface area contributed by atoms with Gasteiger partial charge in [0.15, 0.2) is 0 Å². The summed E-state index contributed by atoms with van der Waals surface area (Å²) in [5.74, 6) is 0. The normalized spacial score (nSPS) is 39.8. The fourth-order valence-electron chi connectivity index (χ4n) is 4.14. The fraction of sp³-hybridized carbons (Fsp3) is 1.00. The van der Waals surface area contributed by atoms with Gasteiger partial charge in [0, 0.05) is 31.8 Å². The molecule has 0 amide bonds. The van der Waals surface area contributed by atoms with Gasteiger partial charge in [-0.15, -0.1) is 0 Å². The van der Waals surface area contributed by atoms with Crippen molar-refractivity contribution < 1.29 is 9.47 Å². The zero-order valence-corrected chi connectivity index (χ0v) is 12.1. The Morgan fingerprint density at radius 3 is 2.84 bits per heavy atom. The van der Waals surface area contributed by atoms with Crippen molar-refractivity contribution >= 4 is 0 Å². The monoisotopic (exact) mass is 268 g/mol. The van der Waals surface area contributed by atoms with Gasteiger partial charge in [-0.25, -0.2) is 0 Å². The van der Waals surface area contributed by atoms with Gasteiger partial charge in [-0.05, 0) is 32.6 Å². The average Bonchev–Trinajstić information content (AvgIpc) is 2.87. The predicted molar refractivity (Wildman–Crippen MR) is 75.1 cm³/mol. The molecule has 0 aromatic heterocycles. The Hall–Kier alpha value is -0.160. The van der Waals surface area contributed by atoms with Gasteiger partial charge in [0.05, 0.1) is 18.3 Å². The van der Waals surface area contributed by atoms with Gasteiger partial charge in [-0.1, -0.05) is 12.8 Å². The Balaban J connectivity index is 1.66. The molecule has 1 saturated carbocycles. The molecule has 19 heavy (non-hydrogen) atoms. The SMILES string of the molecule is CC1COC(CN)CN1C1CCOC2(CCCC2)C1. The molecular weight excluding hydrogens is 240 g/mol. The summed E-state index contributed by atoms with van der Waals surface area (Å²) in [5, 5.41) is 0. The Labute approximate surface area is 116 Å². The van der Waals surface area contributed by atoms with E-state index in [9.17, 15) is 0 Å². The summed E-state index contributed by atoms with van der Waals surface area (Å²) in [6.45, 7) is 5.67. The molecule has 110 valence electrons. The van der Waals surface area contributed by atoms with E-state index in [0.29, 0.717) is 18.6 Å². The van der Waals surface area contributed by atoms with Crippen LogP contribution in [0.2, 0.25) is 0 Å². The number of hydrogen-bond acceptors (Lipinski definition) is 4. The molecule has 4 heteroatoms. The predicted octanol–water partition coefficient (Wildman–Crippen LogP) is 1.53. The Bertz CT molecular complexity index is 305. The first-order chi connectivity index (χ1) is 9.22. The molecule has 3 atom stereocenters. The molecule has 3 rings (SSSR count). The van der Waals surface area contributed by atoms with E-state index >= 15 is 0 Å². The molecule has 1 aliphatic carbocycles. The lowest BCUT2D eigenvalue weighted by Crippen LogP contribution is -2.57. The van der Waals surface area contributed by atoms with Crippen LogP contribution in [-0.2, 0) is 9.47 Å². The Kier molecular flexibility index (Phi) is 4.13. The van der Waals surface area contributed by atoms with Gasteiger partial charge in [-0.3, -0.25) is 4.90 Å². The van der Waals surface area contributed by atoms with E-state index in [1.807, 2.05) is 0 Å². The van der Waals surface area contributed by atoms with Crippen LogP contribution in [0.15, 0.2) is 0 Å². The summed E-state index contributed by atoms with van der Waals surface area (Å²) in [5.41, 5.74) is 5.99. The molecule has 2 saturated heterocycles. The molecule has 3 fully saturated rings. The lowest BCUT2D eigenvalue weighted by Gasteiger charge is -2.48. The quantitative estimate of drug-likeness (QED) is 0.825. The van der Waals surface area contributed by atoms with Crippen molar-refractivity contribution in [2.24, 2.45) is 5.73 Å². The number of rotatable bonds is 2. The zero-order valence-electron chi connectivity index (χ0n) is 12.1. The molecule has 0 radical (unpaired) electrons. The van der Waals surface area contributed by atoms with E-state index in [-0.39, 0.29) is 11.7 Å². The molecule has 2 aliphatic heterocycles. The first-order valence-corrected chi connectivity index (χ1v) is 7.94. The van der Waals surface area contributed by atoms with Gasteiger partial charge in [0.2, 0.25) is 0 Å². The van der Waals surface area contributed by atoms with Gasteiger partial charge in [0.1, 0.15) is 0 Å². The lowest BCUT2D eigenvalue weighted by molar-refractivity contribution is -0.132. The van der Waals surface area contributed by atoms with Crippen LogP contribution in [-0.4, -0.2) is 55.0 Å². The maximum absolute atomic E-state index is 6.15. The molecule has 0 aromatic rings. The Morgan fingerprint density at radius 1 is 1.32 bits per heavy atom. The van der Waals surface area contributed by atoms with Crippen LogP contribution >= 0.6 is 0 Å². The van der Waals surface area contributed by atoms with Crippen molar-refractivity contribution in [3.63, 3.8) is 0 Å². The molecule has 0 bridgehead atoms. The first-order valence-electron chi connectivity index (χ1n) is 7.94. The summed E-state index contributed by atoms with van der Waals surface area (Å²) in [7, 11) is 0. The van der Waals surface area contributed by atoms with E-state index in [2.05, 4.69) is 11.8 Å². The highest BCUT2D eigenvalue weighted by atomic mass is 16.5. The molecule has 3 aliphatic rings. The van der Waals surface area contributed by atoms with Crippen molar-refractivity contribution in [2.75, 3.05) is 26.3 Å². The summed E-state index contributed by atoms with van der Waals surface area (Å²) >= 11 is 0.